The van der Waals surface area contributed by atoms with Crippen molar-refractivity contribution in [1.82, 2.24) is 15.5 Å². The van der Waals surface area contributed by atoms with Gasteiger partial charge in [0, 0.05) is 29.0 Å². The molecule has 1 saturated heterocycles. The molecule has 4 nitrogen and oxygen atoms in total. The number of nitrogens with one attached hydrogen (secondary N) is 2. The van der Waals surface area contributed by atoms with Gasteiger partial charge in [-0.15, -0.1) is 0 Å². The molecule has 3 rings (SSSR count). The van der Waals surface area contributed by atoms with Crippen LogP contribution in [0.2, 0.25) is 0 Å². The Morgan fingerprint density at radius 1 is 1.43 bits per heavy atom. The normalized spacial score (nSPS) is 23.9. The average molecular weight is 398 g/mol. The number of benzene rings is 1. The van der Waals surface area contributed by atoms with Crippen molar-refractivity contribution in [2.24, 2.45) is 0 Å². The van der Waals surface area contributed by atoms with Gasteiger partial charge in [0.25, 0.3) is 0 Å². The topological polar surface area (TPSA) is 36.5 Å². The van der Waals surface area contributed by atoms with Crippen LogP contribution in [0.1, 0.15) is 37.8 Å². The Morgan fingerprint density at radius 3 is 3.13 bits per heavy atom. The van der Waals surface area contributed by atoms with Crippen LogP contribution < -0.4 is 15.4 Å². The van der Waals surface area contributed by atoms with Gasteiger partial charge in [-0.3, -0.25) is 4.90 Å². The number of hydrogen-bond donors (Lipinski definition) is 2. The fourth-order valence-corrected chi connectivity index (χ4v) is 4.08. The van der Waals surface area contributed by atoms with Crippen LogP contribution in [0, 0.1) is 0 Å². The quantitative estimate of drug-likeness (QED) is 0.762. The smallest absolute Gasteiger partial charge is 0.166 e. The molecule has 0 bridgehead atoms. The summed E-state index contributed by atoms with van der Waals surface area (Å²) in [5.74, 6) is 0.952. The molecule has 1 aromatic rings. The minimum Gasteiger partial charge on any atom is -0.493 e. The van der Waals surface area contributed by atoms with E-state index in [-0.39, 0.29) is 6.04 Å². The Kier molecular flexibility index (Phi) is 5.77. The molecule has 2 aliphatic rings. The molecule has 2 atom stereocenters. The largest absolute Gasteiger partial charge is 0.493 e. The third kappa shape index (κ3) is 4.17. The van der Waals surface area contributed by atoms with Crippen LogP contribution in [0.3, 0.4) is 0 Å². The summed E-state index contributed by atoms with van der Waals surface area (Å²) in [6.45, 7) is 6.21. The SMILES string of the molecule is CCN1CCCC1CNC(=S)NC1CCOc2ccc(Br)cc21. The zero-order valence-electron chi connectivity index (χ0n) is 13.5. The van der Waals surface area contributed by atoms with Crippen LogP contribution in [-0.2, 0) is 0 Å². The van der Waals surface area contributed by atoms with Crippen LogP contribution >= 0.6 is 28.1 Å². The number of ether oxygens (including phenoxy) is 1. The van der Waals surface area contributed by atoms with Gasteiger partial charge in [-0.2, -0.15) is 0 Å². The summed E-state index contributed by atoms with van der Waals surface area (Å²) < 4.78 is 6.80. The van der Waals surface area contributed by atoms with E-state index in [1.165, 1.54) is 24.9 Å². The number of hydrogen-bond acceptors (Lipinski definition) is 3. The lowest BCUT2D eigenvalue weighted by molar-refractivity contribution is 0.259. The molecule has 2 aliphatic heterocycles. The van der Waals surface area contributed by atoms with Gasteiger partial charge in [-0.1, -0.05) is 22.9 Å². The molecule has 0 amide bonds. The van der Waals surface area contributed by atoms with Gasteiger partial charge in [0.05, 0.1) is 12.6 Å². The third-order valence-electron chi connectivity index (χ3n) is 4.72. The summed E-state index contributed by atoms with van der Waals surface area (Å²) >= 11 is 9.05. The monoisotopic (exact) mass is 397 g/mol. The van der Waals surface area contributed by atoms with Gasteiger partial charge >= 0.3 is 0 Å². The highest BCUT2D eigenvalue weighted by molar-refractivity contribution is 9.10. The highest BCUT2D eigenvalue weighted by atomic mass is 79.9. The predicted octanol–water partition coefficient (Wildman–Crippen LogP) is 3.22. The predicted molar refractivity (Wildman–Crippen MR) is 101 cm³/mol. The van der Waals surface area contributed by atoms with Crippen molar-refractivity contribution >= 4 is 33.3 Å². The zero-order chi connectivity index (χ0) is 16.2. The van der Waals surface area contributed by atoms with E-state index in [0.717, 1.165) is 41.5 Å². The number of fused-ring (bicyclic) bond motifs is 1. The summed E-state index contributed by atoms with van der Waals surface area (Å²) in [7, 11) is 0. The molecule has 1 aromatic carbocycles. The maximum atomic E-state index is 5.73. The standard InChI is InChI=1S/C17H24BrN3OS/c1-2-21-8-3-4-13(21)11-19-17(23)20-15-7-9-22-16-6-5-12(18)10-14(15)16/h5-6,10,13,15H,2-4,7-9,11H2,1H3,(H2,19,20,23). The molecule has 0 aliphatic carbocycles. The van der Waals surface area contributed by atoms with Gasteiger partial charge in [0.1, 0.15) is 5.75 Å². The van der Waals surface area contributed by atoms with Crippen molar-refractivity contribution in [3.8, 4) is 5.75 Å². The summed E-state index contributed by atoms with van der Waals surface area (Å²) in [4.78, 5) is 2.52. The molecule has 126 valence electrons. The molecule has 2 unspecified atom stereocenters. The summed E-state index contributed by atoms with van der Waals surface area (Å²) in [6, 6.07) is 6.96. The first-order chi connectivity index (χ1) is 11.2. The van der Waals surface area contributed by atoms with Crippen LogP contribution in [0.5, 0.6) is 5.75 Å². The van der Waals surface area contributed by atoms with Crippen LogP contribution in [-0.4, -0.2) is 42.3 Å². The van der Waals surface area contributed by atoms with Gasteiger partial charge in [0.2, 0.25) is 0 Å². The lowest BCUT2D eigenvalue weighted by Gasteiger charge is -2.29. The van der Waals surface area contributed by atoms with Crippen molar-refractivity contribution < 1.29 is 4.74 Å². The number of likely N-dealkylation sites (tertiary alicyclic amines) is 1. The summed E-state index contributed by atoms with van der Waals surface area (Å²) in [5, 5.41) is 7.61. The summed E-state index contributed by atoms with van der Waals surface area (Å²) in [5.41, 5.74) is 1.17. The van der Waals surface area contributed by atoms with Crippen LogP contribution in [0.15, 0.2) is 22.7 Å². The zero-order valence-corrected chi connectivity index (χ0v) is 15.9. The molecule has 23 heavy (non-hydrogen) atoms. The Balaban J connectivity index is 1.56. The highest BCUT2D eigenvalue weighted by Crippen LogP contribution is 2.34. The minimum atomic E-state index is 0.210. The minimum absolute atomic E-state index is 0.210. The number of likely N-dealkylation sites (N-methyl/N-ethyl adjacent to an activating group) is 1. The molecule has 0 aromatic heterocycles. The van der Waals surface area contributed by atoms with Gasteiger partial charge in [0.15, 0.2) is 5.11 Å². The van der Waals surface area contributed by atoms with E-state index in [1.54, 1.807) is 0 Å². The fraction of sp³-hybridized carbons (Fsp3) is 0.588. The first-order valence-corrected chi connectivity index (χ1v) is 9.58. The van der Waals surface area contributed by atoms with Gasteiger partial charge < -0.3 is 15.4 Å². The molecule has 0 saturated carbocycles. The Bertz CT molecular complexity index is 569. The van der Waals surface area contributed by atoms with Crippen molar-refractivity contribution in [3.05, 3.63) is 28.2 Å². The highest BCUT2D eigenvalue weighted by Gasteiger charge is 2.24. The molecule has 2 heterocycles. The molecule has 0 spiro atoms. The van der Waals surface area contributed by atoms with E-state index < -0.39 is 0 Å². The second kappa shape index (κ2) is 7.81. The first kappa shape index (κ1) is 17.0. The lowest BCUT2D eigenvalue weighted by atomic mass is 10.0. The molecule has 2 N–H and O–H groups in total. The lowest BCUT2D eigenvalue weighted by Crippen LogP contribution is -2.45. The number of thiocarbonyl (C=S) groups is 1. The van der Waals surface area contributed by atoms with E-state index in [2.05, 4.69) is 44.5 Å². The van der Waals surface area contributed by atoms with Crippen LogP contribution in [0.4, 0.5) is 0 Å². The maximum Gasteiger partial charge on any atom is 0.166 e. The number of rotatable bonds is 4. The van der Waals surface area contributed by atoms with Crippen LogP contribution in [0.25, 0.3) is 0 Å². The Hall–Kier alpha value is -0.850. The van der Waals surface area contributed by atoms with Crippen molar-refractivity contribution in [2.75, 3.05) is 26.2 Å². The van der Waals surface area contributed by atoms with E-state index in [0.29, 0.717) is 6.04 Å². The van der Waals surface area contributed by atoms with Gasteiger partial charge in [-0.05, 0) is 56.3 Å². The molecule has 1 fully saturated rings. The van der Waals surface area contributed by atoms with Crippen molar-refractivity contribution in [3.63, 3.8) is 0 Å². The molecule has 0 radical (unpaired) electrons. The van der Waals surface area contributed by atoms with E-state index >= 15 is 0 Å². The van der Waals surface area contributed by atoms with E-state index in [9.17, 15) is 0 Å². The fourth-order valence-electron chi connectivity index (χ4n) is 3.48. The molecular formula is C17H24BrN3OS. The molecular weight excluding hydrogens is 374 g/mol. The second-order valence-electron chi connectivity index (χ2n) is 6.15. The van der Waals surface area contributed by atoms with Gasteiger partial charge in [-0.25, -0.2) is 0 Å². The van der Waals surface area contributed by atoms with Crippen molar-refractivity contribution in [2.45, 2.75) is 38.3 Å². The average Bonchev–Trinajstić information content (AvgIpc) is 3.01. The molecule has 6 heteroatoms. The van der Waals surface area contributed by atoms with Crippen molar-refractivity contribution in [1.29, 1.82) is 0 Å². The third-order valence-corrected chi connectivity index (χ3v) is 5.48. The van der Waals surface area contributed by atoms with E-state index in [1.807, 2.05) is 12.1 Å². The number of nitrogens with zero attached hydrogens (tertiary/aromatic N) is 1. The van der Waals surface area contributed by atoms with E-state index in [4.69, 9.17) is 17.0 Å². The first-order valence-electron chi connectivity index (χ1n) is 8.38. The number of halogens is 1. The second-order valence-corrected chi connectivity index (χ2v) is 7.47. The Morgan fingerprint density at radius 2 is 2.30 bits per heavy atom. The Labute approximate surface area is 152 Å². The summed E-state index contributed by atoms with van der Waals surface area (Å²) in [6.07, 6.45) is 3.48. The maximum absolute atomic E-state index is 5.73.